The number of hydrogen-bond donors (Lipinski definition) is 0. The molecule has 0 N–H and O–H groups in total. The van der Waals surface area contributed by atoms with E-state index in [9.17, 15) is 4.79 Å². The summed E-state index contributed by atoms with van der Waals surface area (Å²) in [7, 11) is 1.57. The maximum absolute atomic E-state index is 11.2. The molecule has 0 unspecified atom stereocenters. The van der Waals surface area contributed by atoms with Crippen LogP contribution in [0, 0.1) is 0 Å². The van der Waals surface area contributed by atoms with Crippen molar-refractivity contribution in [1.29, 1.82) is 0 Å². The molecular formula is C7H12N2O2. The van der Waals surface area contributed by atoms with E-state index in [2.05, 4.69) is 0 Å². The fraction of sp³-hybridized carbons (Fsp3) is 0.571. The monoisotopic (exact) mass is 156 g/mol. The summed E-state index contributed by atoms with van der Waals surface area (Å²) in [6.45, 7) is 2.96. The molecule has 1 aromatic heterocycles. The number of ether oxygens (including phenoxy) is 1. The Morgan fingerprint density at radius 3 is 2.55 bits per heavy atom. The minimum absolute atomic E-state index is 0.0191. The molecule has 0 radical (unpaired) electrons. The van der Waals surface area contributed by atoms with Gasteiger partial charge in [0, 0.05) is 26.0 Å². The summed E-state index contributed by atoms with van der Waals surface area (Å²) in [6.07, 6.45) is 3.47. The summed E-state index contributed by atoms with van der Waals surface area (Å²) in [6, 6.07) is 0. The molecule has 0 fully saturated rings. The summed E-state index contributed by atoms with van der Waals surface area (Å²) < 4.78 is 7.96. The van der Waals surface area contributed by atoms with Crippen LogP contribution in [0.3, 0.4) is 0 Å². The number of hydrogen-bond acceptors (Lipinski definition) is 2. The molecule has 4 nitrogen and oxygen atoms in total. The molecule has 0 aromatic carbocycles. The van der Waals surface area contributed by atoms with Crippen LogP contribution in [-0.2, 0) is 18.0 Å². The first kappa shape index (κ1) is 8.07. The molecule has 0 saturated heterocycles. The average Bonchev–Trinajstić information content (AvgIpc) is 2.34. The molecule has 0 aliphatic carbocycles. The largest absolute Gasteiger partial charge is 0.364 e. The van der Waals surface area contributed by atoms with Gasteiger partial charge in [-0.25, -0.2) is 4.79 Å². The van der Waals surface area contributed by atoms with Crippen LogP contribution >= 0.6 is 0 Å². The Kier molecular flexibility index (Phi) is 2.48. The Morgan fingerprint density at radius 1 is 1.45 bits per heavy atom. The number of rotatable bonds is 3. The molecule has 11 heavy (non-hydrogen) atoms. The lowest BCUT2D eigenvalue weighted by molar-refractivity contribution is 0.128. The topological polar surface area (TPSA) is 36.2 Å². The molecule has 1 rings (SSSR count). The number of methoxy groups -OCH3 is 1. The van der Waals surface area contributed by atoms with Gasteiger partial charge in [-0.05, 0) is 6.92 Å². The zero-order valence-corrected chi connectivity index (χ0v) is 6.78. The molecule has 1 aromatic rings. The standard InChI is InChI=1S/C7H12N2O2/c1-3-8-4-5-9(6-11-2)7(8)10/h4-5H,3,6H2,1-2H3. The van der Waals surface area contributed by atoms with Gasteiger partial charge in [0.2, 0.25) is 0 Å². The number of nitrogens with zero attached hydrogens (tertiary/aromatic N) is 2. The van der Waals surface area contributed by atoms with Crippen molar-refractivity contribution >= 4 is 0 Å². The van der Waals surface area contributed by atoms with Gasteiger partial charge in [0.25, 0.3) is 0 Å². The van der Waals surface area contributed by atoms with Gasteiger partial charge in [-0.3, -0.25) is 9.13 Å². The predicted molar refractivity (Wildman–Crippen MR) is 41.4 cm³/mol. The Bertz CT molecular complexity index is 274. The van der Waals surface area contributed by atoms with Gasteiger partial charge >= 0.3 is 5.69 Å². The van der Waals surface area contributed by atoms with Crippen molar-refractivity contribution in [2.75, 3.05) is 7.11 Å². The summed E-state index contributed by atoms with van der Waals surface area (Å²) >= 11 is 0. The zero-order valence-electron chi connectivity index (χ0n) is 6.78. The molecule has 1 heterocycles. The van der Waals surface area contributed by atoms with Gasteiger partial charge in [-0.2, -0.15) is 0 Å². The van der Waals surface area contributed by atoms with Crippen molar-refractivity contribution in [2.45, 2.75) is 20.2 Å². The van der Waals surface area contributed by atoms with Crippen molar-refractivity contribution in [3.63, 3.8) is 0 Å². The number of imidazole rings is 1. The molecule has 0 spiro atoms. The fourth-order valence-electron chi connectivity index (χ4n) is 0.931. The Balaban J connectivity index is 2.92. The maximum atomic E-state index is 11.2. The van der Waals surface area contributed by atoms with Gasteiger partial charge in [0.05, 0.1) is 0 Å². The lowest BCUT2D eigenvalue weighted by Crippen LogP contribution is -2.23. The van der Waals surface area contributed by atoms with Crippen LogP contribution in [0.4, 0.5) is 0 Å². The third kappa shape index (κ3) is 1.51. The van der Waals surface area contributed by atoms with Crippen molar-refractivity contribution in [3.05, 3.63) is 22.9 Å². The second kappa shape index (κ2) is 3.39. The van der Waals surface area contributed by atoms with E-state index in [1.54, 1.807) is 24.1 Å². The summed E-state index contributed by atoms with van der Waals surface area (Å²) in [5.41, 5.74) is -0.0191. The summed E-state index contributed by atoms with van der Waals surface area (Å²) in [4.78, 5) is 11.2. The van der Waals surface area contributed by atoms with Crippen LogP contribution in [-0.4, -0.2) is 16.2 Å². The van der Waals surface area contributed by atoms with Crippen molar-refractivity contribution in [1.82, 2.24) is 9.13 Å². The van der Waals surface area contributed by atoms with Crippen molar-refractivity contribution in [2.24, 2.45) is 0 Å². The number of aromatic nitrogens is 2. The molecular weight excluding hydrogens is 144 g/mol. The van der Waals surface area contributed by atoms with E-state index < -0.39 is 0 Å². The van der Waals surface area contributed by atoms with Gasteiger partial charge < -0.3 is 4.74 Å². The Hall–Kier alpha value is -1.03. The molecule has 0 amide bonds. The molecule has 0 bridgehead atoms. The van der Waals surface area contributed by atoms with E-state index in [0.29, 0.717) is 13.3 Å². The lowest BCUT2D eigenvalue weighted by atomic mass is 10.7. The molecule has 62 valence electrons. The highest BCUT2D eigenvalue weighted by atomic mass is 16.5. The van der Waals surface area contributed by atoms with Crippen LogP contribution in [0.5, 0.6) is 0 Å². The van der Waals surface area contributed by atoms with E-state index in [1.165, 1.54) is 4.57 Å². The van der Waals surface area contributed by atoms with Gasteiger partial charge in [0.15, 0.2) is 0 Å². The minimum atomic E-state index is -0.0191. The van der Waals surface area contributed by atoms with Gasteiger partial charge in [-0.1, -0.05) is 0 Å². The molecule has 0 saturated carbocycles. The van der Waals surface area contributed by atoms with Crippen LogP contribution in [0.1, 0.15) is 6.92 Å². The normalized spacial score (nSPS) is 10.4. The summed E-state index contributed by atoms with van der Waals surface area (Å²) in [5.74, 6) is 0. The van der Waals surface area contributed by atoms with Gasteiger partial charge in [0.1, 0.15) is 6.73 Å². The van der Waals surface area contributed by atoms with Crippen molar-refractivity contribution in [3.8, 4) is 0 Å². The minimum Gasteiger partial charge on any atom is -0.364 e. The zero-order chi connectivity index (χ0) is 8.27. The van der Waals surface area contributed by atoms with Crippen LogP contribution in [0.25, 0.3) is 0 Å². The highest BCUT2D eigenvalue weighted by molar-refractivity contribution is 4.79. The highest BCUT2D eigenvalue weighted by Gasteiger charge is 1.98. The van der Waals surface area contributed by atoms with E-state index in [4.69, 9.17) is 4.74 Å². The fourth-order valence-corrected chi connectivity index (χ4v) is 0.931. The third-order valence-electron chi connectivity index (χ3n) is 1.53. The van der Waals surface area contributed by atoms with E-state index in [1.807, 2.05) is 6.92 Å². The molecule has 4 heteroatoms. The third-order valence-corrected chi connectivity index (χ3v) is 1.53. The van der Waals surface area contributed by atoms with Crippen LogP contribution < -0.4 is 5.69 Å². The second-order valence-electron chi connectivity index (χ2n) is 2.25. The molecule has 0 atom stereocenters. The van der Waals surface area contributed by atoms with Gasteiger partial charge in [-0.15, -0.1) is 0 Å². The second-order valence-corrected chi connectivity index (χ2v) is 2.25. The van der Waals surface area contributed by atoms with E-state index >= 15 is 0 Å². The summed E-state index contributed by atoms with van der Waals surface area (Å²) in [5, 5.41) is 0. The van der Waals surface area contributed by atoms with E-state index in [-0.39, 0.29) is 5.69 Å². The molecule has 0 aliphatic rings. The van der Waals surface area contributed by atoms with Crippen LogP contribution in [0.15, 0.2) is 17.2 Å². The van der Waals surface area contributed by atoms with E-state index in [0.717, 1.165) is 0 Å². The Morgan fingerprint density at radius 2 is 2.09 bits per heavy atom. The highest BCUT2D eigenvalue weighted by Crippen LogP contribution is 1.84. The lowest BCUT2D eigenvalue weighted by Gasteiger charge is -1.96. The first-order valence-corrected chi connectivity index (χ1v) is 3.54. The average molecular weight is 156 g/mol. The maximum Gasteiger partial charge on any atom is 0.330 e. The SMILES string of the molecule is CCn1ccn(COC)c1=O. The molecule has 0 aliphatic heterocycles. The first-order valence-electron chi connectivity index (χ1n) is 3.54. The Labute approximate surface area is 65.0 Å². The number of aryl methyl sites for hydroxylation is 1. The first-order chi connectivity index (χ1) is 5.29. The quantitative estimate of drug-likeness (QED) is 0.630. The van der Waals surface area contributed by atoms with Crippen molar-refractivity contribution < 1.29 is 4.74 Å². The predicted octanol–water partition coefficient (Wildman–Crippen LogP) is 0.274. The smallest absolute Gasteiger partial charge is 0.330 e. The van der Waals surface area contributed by atoms with Crippen LogP contribution in [0.2, 0.25) is 0 Å².